The van der Waals surface area contributed by atoms with Crippen molar-refractivity contribution in [2.75, 3.05) is 45.2 Å². The predicted octanol–water partition coefficient (Wildman–Crippen LogP) is 3.81. The van der Waals surface area contributed by atoms with Crippen molar-refractivity contribution in [1.29, 1.82) is 0 Å². The van der Waals surface area contributed by atoms with Crippen LogP contribution in [0.1, 0.15) is 17.3 Å². The van der Waals surface area contributed by atoms with E-state index in [1.807, 2.05) is 36.4 Å². The first kappa shape index (κ1) is 23.0. The molecule has 0 aliphatic carbocycles. The standard InChI is InChI=1S/C25H27N5O4/c1-3-34-25(32)30-14-12-29(13-15-30)23(31)19-4-8-21(9-5-19)28-24-26-16-20(17-27-24)18-6-10-22(33-2)11-7-18/h4-11,16-17H,3,12-15H2,1-2H3,(H,26,27,28). The molecule has 1 saturated heterocycles. The number of hydrogen-bond donors (Lipinski definition) is 1. The van der Waals surface area contributed by atoms with Crippen LogP contribution in [0.3, 0.4) is 0 Å². The van der Waals surface area contributed by atoms with E-state index in [0.717, 1.165) is 22.6 Å². The molecule has 9 nitrogen and oxygen atoms in total. The van der Waals surface area contributed by atoms with Gasteiger partial charge >= 0.3 is 6.09 Å². The molecule has 4 rings (SSSR count). The van der Waals surface area contributed by atoms with E-state index in [2.05, 4.69) is 15.3 Å². The highest BCUT2D eigenvalue weighted by Crippen LogP contribution is 2.22. The van der Waals surface area contributed by atoms with Crippen LogP contribution in [0.4, 0.5) is 16.4 Å². The first-order valence-electron chi connectivity index (χ1n) is 11.1. The van der Waals surface area contributed by atoms with Gasteiger partial charge in [-0.25, -0.2) is 14.8 Å². The van der Waals surface area contributed by atoms with Gasteiger partial charge in [-0.2, -0.15) is 0 Å². The normalized spacial score (nSPS) is 13.4. The van der Waals surface area contributed by atoms with E-state index in [1.54, 1.807) is 48.4 Å². The van der Waals surface area contributed by atoms with Crippen LogP contribution >= 0.6 is 0 Å². The molecule has 9 heteroatoms. The van der Waals surface area contributed by atoms with E-state index in [-0.39, 0.29) is 12.0 Å². The summed E-state index contributed by atoms with van der Waals surface area (Å²) in [5.41, 5.74) is 3.27. The van der Waals surface area contributed by atoms with E-state index >= 15 is 0 Å². The number of benzene rings is 2. The number of carbonyl (C=O) groups is 2. The Morgan fingerprint density at radius 3 is 2.09 bits per heavy atom. The average molecular weight is 462 g/mol. The summed E-state index contributed by atoms with van der Waals surface area (Å²) < 4.78 is 10.2. The summed E-state index contributed by atoms with van der Waals surface area (Å²) in [6.07, 6.45) is 3.18. The van der Waals surface area contributed by atoms with Gasteiger partial charge in [0.05, 0.1) is 13.7 Å². The number of carbonyl (C=O) groups excluding carboxylic acids is 2. The van der Waals surface area contributed by atoms with Crippen LogP contribution in [0.25, 0.3) is 11.1 Å². The maximum atomic E-state index is 12.8. The Morgan fingerprint density at radius 2 is 1.50 bits per heavy atom. The van der Waals surface area contributed by atoms with Crippen LogP contribution in [0.5, 0.6) is 5.75 Å². The summed E-state index contributed by atoms with van der Waals surface area (Å²) in [7, 11) is 1.63. The SMILES string of the molecule is CCOC(=O)N1CCN(C(=O)c2ccc(Nc3ncc(-c4ccc(OC)cc4)cn3)cc2)CC1. The molecule has 1 aromatic heterocycles. The summed E-state index contributed by atoms with van der Waals surface area (Å²) in [5, 5.41) is 3.15. The molecule has 3 aromatic rings. The number of nitrogens with one attached hydrogen (secondary N) is 1. The summed E-state index contributed by atoms with van der Waals surface area (Å²) in [4.78, 5) is 36.8. The van der Waals surface area contributed by atoms with Crippen LogP contribution in [-0.4, -0.2) is 71.7 Å². The van der Waals surface area contributed by atoms with Crippen molar-refractivity contribution < 1.29 is 19.1 Å². The van der Waals surface area contributed by atoms with Crippen LogP contribution in [0, 0.1) is 0 Å². The molecule has 2 amide bonds. The minimum absolute atomic E-state index is 0.0600. The molecule has 2 aromatic carbocycles. The van der Waals surface area contributed by atoms with Crippen LogP contribution in [0.2, 0.25) is 0 Å². The van der Waals surface area contributed by atoms with Crippen molar-refractivity contribution in [2.24, 2.45) is 0 Å². The van der Waals surface area contributed by atoms with Crippen LogP contribution in [0.15, 0.2) is 60.9 Å². The molecular weight excluding hydrogens is 434 g/mol. The van der Waals surface area contributed by atoms with Crippen LogP contribution in [-0.2, 0) is 4.74 Å². The molecule has 0 bridgehead atoms. The third kappa shape index (κ3) is 5.43. The number of methoxy groups -OCH3 is 1. The smallest absolute Gasteiger partial charge is 0.409 e. The second-order valence-corrected chi connectivity index (χ2v) is 7.70. The van der Waals surface area contributed by atoms with Gasteiger partial charge < -0.3 is 24.6 Å². The molecular formula is C25H27N5O4. The highest BCUT2D eigenvalue weighted by molar-refractivity contribution is 5.94. The molecule has 176 valence electrons. The largest absolute Gasteiger partial charge is 0.497 e. The molecule has 1 fully saturated rings. The van der Waals surface area contributed by atoms with Crippen molar-refractivity contribution in [3.63, 3.8) is 0 Å². The Kier molecular flexibility index (Phi) is 7.22. The van der Waals surface area contributed by atoms with E-state index < -0.39 is 0 Å². The number of ether oxygens (including phenoxy) is 2. The van der Waals surface area contributed by atoms with Gasteiger partial charge in [-0.3, -0.25) is 4.79 Å². The van der Waals surface area contributed by atoms with E-state index in [0.29, 0.717) is 44.3 Å². The zero-order valence-electron chi connectivity index (χ0n) is 19.2. The zero-order valence-corrected chi connectivity index (χ0v) is 19.2. The molecule has 0 spiro atoms. The third-order valence-corrected chi connectivity index (χ3v) is 5.56. The Balaban J connectivity index is 1.33. The van der Waals surface area contributed by atoms with Gasteiger partial charge in [-0.15, -0.1) is 0 Å². The molecule has 0 saturated carbocycles. The lowest BCUT2D eigenvalue weighted by atomic mass is 10.1. The molecule has 1 aliphatic heterocycles. The second-order valence-electron chi connectivity index (χ2n) is 7.70. The quantitative estimate of drug-likeness (QED) is 0.596. The van der Waals surface area contributed by atoms with Crippen molar-refractivity contribution >= 4 is 23.6 Å². The Bertz CT molecular complexity index is 1110. The summed E-state index contributed by atoms with van der Waals surface area (Å²) >= 11 is 0. The molecule has 1 aliphatic rings. The topological polar surface area (TPSA) is 96.9 Å². The molecule has 2 heterocycles. The van der Waals surface area contributed by atoms with Crippen LogP contribution < -0.4 is 10.1 Å². The number of aromatic nitrogens is 2. The van der Waals surface area contributed by atoms with Crippen molar-refractivity contribution in [3.05, 3.63) is 66.5 Å². The second kappa shape index (κ2) is 10.7. The summed E-state index contributed by atoms with van der Waals surface area (Å²) in [5.74, 6) is 1.20. The number of rotatable bonds is 6. The molecule has 0 radical (unpaired) electrons. The number of nitrogens with zero attached hydrogens (tertiary/aromatic N) is 4. The van der Waals surface area contributed by atoms with E-state index in [4.69, 9.17) is 9.47 Å². The van der Waals surface area contributed by atoms with Gasteiger partial charge in [0.2, 0.25) is 5.95 Å². The van der Waals surface area contributed by atoms with Gasteiger partial charge in [0.15, 0.2) is 0 Å². The maximum Gasteiger partial charge on any atom is 0.409 e. The number of hydrogen-bond acceptors (Lipinski definition) is 7. The minimum Gasteiger partial charge on any atom is -0.497 e. The Hall–Kier alpha value is -4.14. The lowest BCUT2D eigenvalue weighted by Crippen LogP contribution is -2.50. The zero-order chi connectivity index (χ0) is 23.9. The fourth-order valence-corrected chi connectivity index (χ4v) is 3.64. The Morgan fingerprint density at radius 1 is 0.882 bits per heavy atom. The first-order valence-corrected chi connectivity index (χ1v) is 11.1. The maximum absolute atomic E-state index is 12.8. The highest BCUT2D eigenvalue weighted by Gasteiger charge is 2.25. The highest BCUT2D eigenvalue weighted by atomic mass is 16.6. The number of anilines is 2. The summed E-state index contributed by atoms with van der Waals surface area (Å²) in [6.45, 7) is 4.01. The van der Waals surface area contributed by atoms with Gasteiger partial charge in [0.1, 0.15) is 5.75 Å². The lowest BCUT2D eigenvalue weighted by Gasteiger charge is -2.34. The molecule has 1 N–H and O–H groups in total. The third-order valence-electron chi connectivity index (χ3n) is 5.56. The monoisotopic (exact) mass is 461 g/mol. The minimum atomic E-state index is -0.329. The fourth-order valence-electron chi connectivity index (χ4n) is 3.64. The summed E-state index contributed by atoms with van der Waals surface area (Å²) in [6, 6.07) is 14.9. The van der Waals surface area contributed by atoms with E-state index in [9.17, 15) is 9.59 Å². The van der Waals surface area contributed by atoms with Gasteiger partial charge in [-0.05, 0) is 48.9 Å². The Labute approximate surface area is 198 Å². The van der Waals surface area contributed by atoms with Gasteiger partial charge in [0, 0.05) is 55.4 Å². The average Bonchev–Trinajstić information content (AvgIpc) is 2.89. The molecule has 0 atom stereocenters. The van der Waals surface area contributed by atoms with E-state index in [1.165, 1.54) is 0 Å². The number of piperazine rings is 1. The van der Waals surface area contributed by atoms with Gasteiger partial charge in [-0.1, -0.05) is 12.1 Å². The molecule has 34 heavy (non-hydrogen) atoms. The van der Waals surface area contributed by atoms with Crippen molar-refractivity contribution in [1.82, 2.24) is 19.8 Å². The lowest BCUT2D eigenvalue weighted by molar-refractivity contribution is 0.0570. The van der Waals surface area contributed by atoms with Gasteiger partial charge in [0.25, 0.3) is 5.91 Å². The van der Waals surface area contributed by atoms with Crippen molar-refractivity contribution in [3.8, 4) is 16.9 Å². The van der Waals surface area contributed by atoms with Crippen molar-refractivity contribution in [2.45, 2.75) is 6.92 Å². The fraction of sp³-hybridized carbons (Fsp3) is 0.280. The first-order chi connectivity index (χ1) is 16.6. The molecule has 0 unspecified atom stereocenters. The number of amides is 2. The predicted molar refractivity (Wildman–Crippen MR) is 128 cm³/mol.